The quantitative estimate of drug-likeness (QED) is 0.516. The monoisotopic (exact) mass is 149 g/mol. The Labute approximate surface area is 55.4 Å². The molecule has 0 aromatic heterocycles. The van der Waals surface area contributed by atoms with Crippen molar-refractivity contribution in [2.24, 2.45) is 0 Å². The van der Waals surface area contributed by atoms with E-state index < -0.39 is 9.84 Å². The van der Waals surface area contributed by atoms with Gasteiger partial charge in [0, 0.05) is 0 Å². The number of rotatable bonds is 0. The van der Waals surface area contributed by atoms with Gasteiger partial charge in [-0.15, -0.1) is 0 Å². The van der Waals surface area contributed by atoms with E-state index in [4.69, 9.17) is 0 Å². The van der Waals surface area contributed by atoms with Gasteiger partial charge in [0.15, 0.2) is 9.84 Å². The van der Waals surface area contributed by atoms with Gasteiger partial charge >= 0.3 is 0 Å². The molecule has 0 saturated carbocycles. The first-order valence-electron chi connectivity index (χ1n) is 3.08. The predicted octanol–water partition coefficient (Wildman–Crippen LogP) is -0.259. The molecule has 0 radical (unpaired) electrons. The molecule has 1 fully saturated rings. The molecule has 3 nitrogen and oxygen atoms in total. The fourth-order valence-corrected chi connectivity index (χ4v) is 2.15. The van der Waals surface area contributed by atoms with Crippen LogP contribution in [0.15, 0.2) is 0 Å². The van der Waals surface area contributed by atoms with Crippen molar-refractivity contribution < 1.29 is 8.42 Å². The summed E-state index contributed by atoms with van der Waals surface area (Å²) in [4.78, 5) is 0. The van der Waals surface area contributed by atoms with Gasteiger partial charge in [0.05, 0.1) is 5.75 Å². The van der Waals surface area contributed by atoms with Crippen LogP contribution in [0.1, 0.15) is 13.3 Å². The molecular formula is C5H11NO2S. The lowest BCUT2D eigenvalue weighted by Crippen LogP contribution is -2.41. The first kappa shape index (κ1) is 7.02. The standard InChI is InChI=1S/C5H11NO2S/c1-5-6-3-2-4-9(5,7)8/h5-6H,2-4H2,1H3. The van der Waals surface area contributed by atoms with Crippen molar-refractivity contribution in [1.29, 1.82) is 0 Å². The van der Waals surface area contributed by atoms with E-state index in [2.05, 4.69) is 5.32 Å². The summed E-state index contributed by atoms with van der Waals surface area (Å²) in [5.41, 5.74) is 0. The van der Waals surface area contributed by atoms with Crippen LogP contribution in [0.25, 0.3) is 0 Å². The Bertz CT molecular complexity index is 185. The van der Waals surface area contributed by atoms with E-state index in [0.29, 0.717) is 5.75 Å². The van der Waals surface area contributed by atoms with Crippen LogP contribution in [0.4, 0.5) is 0 Å². The fraction of sp³-hybridized carbons (Fsp3) is 1.00. The molecule has 54 valence electrons. The molecule has 1 rings (SSSR count). The molecule has 1 atom stereocenters. The van der Waals surface area contributed by atoms with Gasteiger partial charge in [-0.1, -0.05) is 0 Å². The minimum absolute atomic E-state index is 0.328. The molecule has 1 unspecified atom stereocenters. The maximum Gasteiger partial charge on any atom is 0.165 e. The summed E-state index contributed by atoms with van der Waals surface area (Å²) >= 11 is 0. The molecule has 1 aliphatic heterocycles. The van der Waals surface area contributed by atoms with Gasteiger partial charge in [0.2, 0.25) is 0 Å². The molecule has 0 spiro atoms. The average molecular weight is 149 g/mol. The van der Waals surface area contributed by atoms with Crippen LogP contribution in [0.5, 0.6) is 0 Å². The third-order valence-electron chi connectivity index (χ3n) is 1.58. The minimum Gasteiger partial charge on any atom is -0.301 e. The summed E-state index contributed by atoms with van der Waals surface area (Å²) in [5, 5.41) is 2.56. The Morgan fingerprint density at radius 1 is 1.56 bits per heavy atom. The maximum absolute atomic E-state index is 10.9. The topological polar surface area (TPSA) is 46.2 Å². The highest BCUT2D eigenvalue weighted by molar-refractivity contribution is 7.92. The van der Waals surface area contributed by atoms with E-state index in [1.807, 2.05) is 0 Å². The van der Waals surface area contributed by atoms with Crippen molar-refractivity contribution >= 4 is 9.84 Å². The van der Waals surface area contributed by atoms with Gasteiger partial charge in [0.25, 0.3) is 0 Å². The summed E-state index contributed by atoms with van der Waals surface area (Å²) in [5.74, 6) is 0.348. The van der Waals surface area contributed by atoms with E-state index in [9.17, 15) is 8.42 Å². The van der Waals surface area contributed by atoms with Crippen molar-refractivity contribution in [2.45, 2.75) is 18.7 Å². The summed E-state index contributed by atoms with van der Waals surface area (Å²) in [6.07, 6.45) is 0.757. The molecule has 1 saturated heterocycles. The highest BCUT2D eigenvalue weighted by Gasteiger charge is 2.23. The number of nitrogens with one attached hydrogen (secondary N) is 1. The van der Waals surface area contributed by atoms with Crippen LogP contribution in [-0.4, -0.2) is 26.1 Å². The van der Waals surface area contributed by atoms with Crippen molar-refractivity contribution in [3.63, 3.8) is 0 Å². The maximum atomic E-state index is 10.9. The van der Waals surface area contributed by atoms with Crippen LogP contribution in [-0.2, 0) is 9.84 Å². The molecule has 0 amide bonds. The van der Waals surface area contributed by atoms with Crippen molar-refractivity contribution in [3.05, 3.63) is 0 Å². The van der Waals surface area contributed by atoms with E-state index in [1.54, 1.807) is 6.92 Å². The van der Waals surface area contributed by atoms with Gasteiger partial charge < -0.3 is 5.32 Å². The van der Waals surface area contributed by atoms with Gasteiger partial charge in [-0.05, 0) is 19.9 Å². The first-order valence-corrected chi connectivity index (χ1v) is 4.79. The largest absolute Gasteiger partial charge is 0.301 e. The van der Waals surface area contributed by atoms with E-state index in [0.717, 1.165) is 13.0 Å². The lowest BCUT2D eigenvalue weighted by atomic mass is 10.5. The molecule has 0 bridgehead atoms. The second-order valence-electron chi connectivity index (χ2n) is 2.32. The predicted molar refractivity (Wildman–Crippen MR) is 35.9 cm³/mol. The second-order valence-corrected chi connectivity index (χ2v) is 4.76. The zero-order valence-corrected chi connectivity index (χ0v) is 6.24. The Kier molecular flexibility index (Phi) is 1.77. The van der Waals surface area contributed by atoms with E-state index >= 15 is 0 Å². The highest BCUT2D eigenvalue weighted by atomic mass is 32.2. The van der Waals surface area contributed by atoms with Gasteiger partial charge in [0.1, 0.15) is 5.37 Å². The normalized spacial score (nSPS) is 34.1. The number of sulfone groups is 1. The lowest BCUT2D eigenvalue weighted by Gasteiger charge is -2.19. The SMILES string of the molecule is CC1NCCCS1(=O)=O. The van der Waals surface area contributed by atoms with Gasteiger partial charge in [-0.2, -0.15) is 0 Å². The molecular weight excluding hydrogens is 138 g/mol. The third kappa shape index (κ3) is 1.43. The molecule has 9 heavy (non-hydrogen) atoms. The minimum atomic E-state index is -2.77. The molecule has 4 heteroatoms. The number of hydrogen-bond acceptors (Lipinski definition) is 3. The number of hydrogen-bond donors (Lipinski definition) is 1. The average Bonchev–Trinajstić information content (AvgIpc) is 1.77. The first-order chi connectivity index (χ1) is 4.13. The Hall–Kier alpha value is -0.0900. The molecule has 1 aliphatic rings. The summed E-state index contributed by atoms with van der Waals surface area (Å²) in [7, 11) is -2.77. The Morgan fingerprint density at radius 3 is 2.56 bits per heavy atom. The molecule has 0 aromatic carbocycles. The molecule has 1 heterocycles. The van der Waals surface area contributed by atoms with Crippen LogP contribution in [0.2, 0.25) is 0 Å². The van der Waals surface area contributed by atoms with E-state index in [-0.39, 0.29) is 5.37 Å². The zero-order valence-electron chi connectivity index (χ0n) is 5.42. The zero-order chi connectivity index (χ0) is 6.91. The Balaban J connectivity index is 2.72. The van der Waals surface area contributed by atoms with E-state index in [1.165, 1.54) is 0 Å². The Morgan fingerprint density at radius 2 is 2.22 bits per heavy atom. The summed E-state index contributed by atoms with van der Waals surface area (Å²) in [6.45, 7) is 2.52. The summed E-state index contributed by atoms with van der Waals surface area (Å²) < 4.78 is 21.8. The third-order valence-corrected chi connectivity index (χ3v) is 3.68. The fourth-order valence-electron chi connectivity index (χ4n) is 0.882. The van der Waals surface area contributed by atoms with Gasteiger partial charge in [-0.25, -0.2) is 8.42 Å². The molecule has 1 N–H and O–H groups in total. The summed E-state index contributed by atoms with van der Waals surface area (Å²) in [6, 6.07) is 0. The van der Waals surface area contributed by atoms with Crippen LogP contribution in [0, 0.1) is 0 Å². The van der Waals surface area contributed by atoms with Crippen LogP contribution in [0.3, 0.4) is 0 Å². The second kappa shape index (κ2) is 2.27. The lowest BCUT2D eigenvalue weighted by molar-refractivity contribution is 0.535. The van der Waals surface area contributed by atoms with Crippen molar-refractivity contribution in [2.75, 3.05) is 12.3 Å². The molecule has 0 aliphatic carbocycles. The highest BCUT2D eigenvalue weighted by Crippen LogP contribution is 2.05. The van der Waals surface area contributed by atoms with Crippen molar-refractivity contribution in [1.82, 2.24) is 5.32 Å². The van der Waals surface area contributed by atoms with Crippen LogP contribution < -0.4 is 5.32 Å². The smallest absolute Gasteiger partial charge is 0.165 e. The van der Waals surface area contributed by atoms with Crippen molar-refractivity contribution in [3.8, 4) is 0 Å². The van der Waals surface area contributed by atoms with Gasteiger partial charge in [-0.3, -0.25) is 0 Å². The molecule has 0 aromatic rings. The van der Waals surface area contributed by atoms with Crippen LogP contribution >= 0.6 is 0 Å².